The van der Waals surface area contributed by atoms with Crippen LogP contribution in [0.25, 0.3) is 6.08 Å². The zero-order valence-corrected chi connectivity index (χ0v) is 23.8. The minimum absolute atomic E-state index is 0.0461. The number of imide groups is 2. The molecule has 11 heteroatoms. The number of nitrogens with zero attached hydrogens (tertiary/aromatic N) is 2. The summed E-state index contributed by atoms with van der Waals surface area (Å²) in [5, 5.41) is 13.2. The molecule has 0 atom stereocenters. The van der Waals surface area contributed by atoms with Crippen LogP contribution in [-0.4, -0.2) is 29.9 Å². The summed E-state index contributed by atoms with van der Waals surface area (Å²) in [6.45, 7) is 2.40. The summed E-state index contributed by atoms with van der Waals surface area (Å²) in [5.74, 6) is -0.379. The van der Waals surface area contributed by atoms with Crippen LogP contribution in [0.2, 0.25) is 0 Å². The smallest absolute Gasteiger partial charge is 0.335 e. The minimum Gasteiger partial charge on any atom is -0.497 e. The second kappa shape index (κ2) is 12.9. The van der Waals surface area contributed by atoms with Gasteiger partial charge in [0.2, 0.25) is 0 Å². The van der Waals surface area contributed by atoms with E-state index in [1.54, 1.807) is 54.6 Å². The van der Waals surface area contributed by atoms with Gasteiger partial charge in [-0.3, -0.25) is 25.0 Å². The molecule has 1 fully saturated rings. The third-order valence-corrected chi connectivity index (χ3v) is 6.78. The van der Waals surface area contributed by atoms with Crippen molar-refractivity contribution in [3.8, 4) is 17.2 Å². The summed E-state index contributed by atoms with van der Waals surface area (Å²) < 4.78 is 17.1. The predicted molar refractivity (Wildman–Crippen MR) is 161 cm³/mol. The van der Waals surface area contributed by atoms with Crippen LogP contribution < -0.4 is 24.4 Å². The third kappa shape index (κ3) is 6.73. The molecule has 222 valence electrons. The summed E-state index contributed by atoms with van der Waals surface area (Å²) in [7, 11) is 1.48. The molecule has 1 heterocycles. The van der Waals surface area contributed by atoms with Crippen LogP contribution in [-0.2, 0) is 22.8 Å². The first-order valence-electron chi connectivity index (χ1n) is 13.5. The number of methoxy groups -OCH3 is 1. The van der Waals surface area contributed by atoms with Gasteiger partial charge < -0.3 is 14.2 Å². The summed E-state index contributed by atoms with van der Waals surface area (Å²) in [6.07, 6.45) is 1.33. The number of nitro groups is 1. The largest absolute Gasteiger partial charge is 0.497 e. The number of carbonyl (C=O) groups excluding carboxylic acids is 3. The highest BCUT2D eigenvalue weighted by Gasteiger charge is 2.37. The lowest BCUT2D eigenvalue weighted by Gasteiger charge is -2.26. The fourth-order valence-electron chi connectivity index (χ4n) is 4.35. The monoisotopic (exact) mass is 593 g/mol. The van der Waals surface area contributed by atoms with Crippen LogP contribution in [0.3, 0.4) is 0 Å². The number of hydrogen-bond donors (Lipinski definition) is 1. The minimum atomic E-state index is -0.880. The number of hydrogen-bond acceptors (Lipinski definition) is 8. The molecule has 0 unspecified atom stereocenters. The number of non-ortho nitro benzene ring substituents is 1. The molecular formula is C33H27N3O8. The Morgan fingerprint density at radius 1 is 0.818 bits per heavy atom. The number of aryl methyl sites for hydroxylation is 1. The molecule has 1 aliphatic heterocycles. The van der Waals surface area contributed by atoms with Gasteiger partial charge in [0.05, 0.1) is 17.7 Å². The first-order chi connectivity index (χ1) is 21.2. The zero-order chi connectivity index (χ0) is 31.2. The lowest BCUT2D eigenvalue weighted by molar-refractivity contribution is -0.384. The molecule has 5 rings (SSSR count). The van der Waals surface area contributed by atoms with E-state index >= 15 is 0 Å². The van der Waals surface area contributed by atoms with Crippen molar-refractivity contribution < 1.29 is 33.5 Å². The fourth-order valence-corrected chi connectivity index (χ4v) is 4.35. The number of nitro benzene ring substituents is 1. The average molecular weight is 594 g/mol. The van der Waals surface area contributed by atoms with Gasteiger partial charge in [-0.2, -0.15) is 0 Å². The van der Waals surface area contributed by atoms with Crippen LogP contribution in [0, 0.1) is 17.0 Å². The van der Waals surface area contributed by atoms with Crippen molar-refractivity contribution in [3.63, 3.8) is 0 Å². The van der Waals surface area contributed by atoms with Gasteiger partial charge in [0.15, 0.2) is 0 Å². The molecule has 0 bridgehead atoms. The average Bonchev–Trinajstić information content (AvgIpc) is 3.02. The van der Waals surface area contributed by atoms with Crippen molar-refractivity contribution in [1.29, 1.82) is 0 Å². The number of barbiturate groups is 1. The molecule has 0 radical (unpaired) electrons. The van der Waals surface area contributed by atoms with E-state index in [0.29, 0.717) is 29.2 Å². The first-order valence-corrected chi connectivity index (χ1v) is 13.5. The predicted octanol–water partition coefficient (Wildman–Crippen LogP) is 5.74. The van der Waals surface area contributed by atoms with E-state index in [2.05, 4.69) is 5.32 Å². The van der Waals surface area contributed by atoms with Crippen LogP contribution in [0.1, 0.15) is 22.3 Å². The van der Waals surface area contributed by atoms with Gasteiger partial charge in [-0.1, -0.05) is 29.8 Å². The van der Waals surface area contributed by atoms with Crippen LogP contribution in [0.5, 0.6) is 17.2 Å². The van der Waals surface area contributed by atoms with E-state index in [1.807, 2.05) is 31.2 Å². The Hall–Kier alpha value is -5.97. The van der Waals surface area contributed by atoms with E-state index in [-0.39, 0.29) is 29.3 Å². The van der Waals surface area contributed by atoms with Gasteiger partial charge in [-0.05, 0) is 72.7 Å². The standard InChI is InChI=1S/C33H27N3O8/c1-21-3-5-22(6-4-21)19-43-27-15-12-25(13-16-27)35-32(38)29(31(37)34-33(35)39)17-24-9-14-28(42-2)18-30(24)44-20-23-7-10-26(11-8-23)36(40)41/h3-18H,19-20H2,1-2H3,(H,34,37,39)/b29-17+. The highest BCUT2D eigenvalue weighted by Crippen LogP contribution is 2.30. The van der Waals surface area contributed by atoms with Crippen molar-refractivity contribution in [2.24, 2.45) is 0 Å². The molecule has 0 aromatic heterocycles. The topological polar surface area (TPSA) is 137 Å². The number of ether oxygens (including phenoxy) is 3. The zero-order valence-electron chi connectivity index (χ0n) is 23.8. The van der Waals surface area contributed by atoms with E-state index in [1.165, 1.54) is 25.3 Å². The molecule has 4 aromatic carbocycles. The molecule has 0 aliphatic carbocycles. The maximum atomic E-state index is 13.5. The Kier molecular flexibility index (Phi) is 8.66. The van der Waals surface area contributed by atoms with Crippen molar-refractivity contribution in [3.05, 3.63) is 129 Å². The summed E-state index contributed by atoms with van der Waals surface area (Å²) in [5.41, 5.74) is 3.09. The molecular weight excluding hydrogens is 566 g/mol. The Morgan fingerprint density at radius 2 is 1.43 bits per heavy atom. The second-order valence-electron chi connectivity index (χ2n) is 9.84. The molecule has 1 N–H and O–H groups in total. The Labute approximate surface area is 252 Å². The summed E-state index contributed by atoms with van der Waals surface area (Å²) >= 11 is 0. The number of urea groups is 1. The number of benzene rings is 4. The maximum Gasteiger partial charge on any atom is 0.335 e. The Balaban J connectivity index is 1.35. The molecule has 44 heavy (non-hydrogen) atoms. The lowest BCUT2D eigenvalue weighted by Crippen LogP contribution is -2.54. The summed E-state index contributed by atoms with van der Waals surface area (Å²) in [4.78, 5) is 50.4. The normalized spacial score (nSPS) is 13.9. The molecule has 11 nitrogen and oxygen atoms in total. The number of amides is 4. The number of anilines is 1. The van der Waals surface area contributed by atoms with Gasteiger partial charge >= 0.3 is 6.03 Å². The second-order valence-corrected chi connectivity index (χ2v) is 9.84. The van der Waals surface area contributed by atoms with Gasteiger partial charge in [-0.15, -0.1) is 0 Å². The fraction of sp³-hybridized carbons (Fsp3) is 0.121. The Bertz CT molecular complexity index is 1750. The van der Waals surface area contributed by atoms with Gasteiger partial charge in [0.1, 0.15) is 36.0 Å². The Morgan fingerprint density at radius 3 is 2.07 bits per heavy atom. The van der Waals surface area contributed by atoms with Gasteiger partial charge in [-0.25, -0.2) is 9.69 Å². The molecule has 1 saturated heterocycles. The molecule has 0 saturated carbocycles. The van der Waals surface area contributed by atoms with Crippen LogP contribution in [0.15, 0.2) is 96.6 Å². The van der Waals surface area contributed by atoms with Gasteiger partial charge in [0.25, 0.3) is 17.5 Å². The highest BCUT2D eigenvalue weighted by atomic mass is 16.6. The maximum absolute atomic E-state index is 13.5. The molecule has 0 spiro atoms. The lowest BCUT2D eigenvalue weighted by atomic mass is 10.1. The number of carbonyl (C=O) groups is 3. The third-order valence-electron chi connectivity index (χ3n) is 6.78. The van der Waals surface area contributed by atoms with E-state index in [4.69, 9.17) is 14.2 Å². The van der Waals surface area contributed by atoms with Crippen LogP contribution in [0.4, 0.5) is 16.2 Å². The first kappa shape index (κ1) is 29.5. The van der Waals surface area contributed by atoms with E-state index in [9.17, 15) is 24.5 Å². The molecule has 4 aromatic rings. The van der Waals surface area contributed by atoms with E-state index in [0.717, 1.165) is 16.0 Å². The van der Waals surface area contributed by atoms with Crippen molar-refractivity contribution in [2.75, 3.05) is 12.0 Å². The summed E-state index contributed by atoms with van der Waals surface area (Å²) in [6, 6.07) is 24.1. The van der Waals surface area contributed by atoms with Crippen molar-refractivity contribution >= 4 is 35.3 Å². The molecule has 1 aliphatic rings. The highest BCUT2D eigenvalue weighted by molar-refractivity contribution is 6.39. The SMILES string of the molecule is COc1ccc(/C=C2\C(=O)NC(=O)N(c3ccc(OCc4ccc(C)cc4)cc3)C2=O)c(OCc2ccc([N+](=O)[O-])cc2)c1. The number of rotatable bonds is 10. The molecule has 4 amide bonds. The van der Waals surface area contributed by atoms with Gasteiger partial charge in [0, 0.05) is 23.8 Å². The van der Waals surface area contributed by atoms with E-state index < -0.39 is 22.8 Å². The van der Waals surface area contributed by atoms with Crippen molar-refractivity contribution in [1.82, 2.24) is 5.32 Å². The quantitative estimate of drug-likeness (QED) is 0.106. The van der Waals surface area contributed by atoms with Crippen LogP contribution >= 0.6 is 0 Å². The number of nitrogens with one attached hydrogen (secondary N) is 1. The van der Waals surface area contributed by atoms with Crippen molar-refractivity contribution in [2.45, 2.75) is 20.1 Å².